The Bertz CT molecular complexity index is 485. The lowest BCUT2D eigenvalue weighted by Gasteiger charge is -2.07. The van der Waals surface area contributed by atoms with E-state index in [4.69, 9.17) is 10.5 Å². The summed E-state index contributed by atoms with van der Waals surface area (Å²) in [6.07, 6.45) is 0. The highest BCUT2D eigenvalue weighted by Crippen LogP contribution is 2.20. The first-order valence-corrected chi connectivity index (χ1v) is 5.54. The van der Waals surface area contributed by atoms with Crippen LogP contribution in [0.5, 0.6) is 5.88 Å². The summed E-state index contributed by atoms with van der Waals surface area (Å²) in [4.78, 5) is 0. The van der Waals surface area contributed by atoms with Gasteiger partial charge in [-0.1, -0.05) is 30.3 Å². The van der Waals surface area contributed by atoms with Gasteiger partial charge < -0.3 is 10.5 Å². The molecule has 4 nitrogen and oxygen atoms in total. The minimum absolute atomic E-state index is 0.459. The van der Waals surface area contributed by atoms with Crippen molar-refractivity contribution in [3.05, 3.63) is 42.0 Å². The molecule has 0 spiro atoms. The predicted molar refractivity (Wildman–Crippen MR) is 66.8 cm³/mol. The molecule has 0 fully saturated rings. The Morgan fingerprint density at radius 1 is 1.18 bits per heavy atom. The van der Waals surface area contributed by atoms with Gasteiger partial charge in [0.05, 0.1) is 5.69 Å². The minimum atomic E-state index is 0.459. The van der Waals surface area contributed by atoms with Crippen molar-refractivity contribution in [1.82, 2.24) is 10.2 Å². The van der Waals surface area contributed by atoms with Crippen LogP contribution in [0, 0.1) is 6.92 Å². The van der Waals surface area contributed by atoms with Gasteiger partial charge in [0.2, 0.25) is 5.88 Å². The molecule has 2 N–H and O–H groups in total. The molecule has 0 aliphatic rings. The Kier molecular flexibility index (Phi) is 3.67. The van der Waals surface area contributed by atoms with Gasteiger partial charge in [0.15, 0.2) is 0 Å². The topological polar surface area (TPSA) is 61.0 Å². The van der Waals surface area contributed by atoms with Crippen LogP contribution in [0.4, 0.5) is 0 Å². The number of hydrogen-bond acceptors (Lipinski definition) is 4. The van der Waals surface area contributed by atoms with Gasteiger partial charge in [-0.2, -0.15) is 0 Å². The third-order valence-corrected chi connectivity index (χ3v) is 2.37. The molecular weight excluding hydrogens is 214 g/mol. The number of nitrogens with zero attached hydrogens (tertiary/aromatic N) is 2. The van der Waals surface area contributed by atoms with Crippen molar-refractivity contribution in [2.75, 3.05) is 13.2 Å². The number of aromatic nitrogens is 2. The summed E-state index contributed by atoms with van der Waals surface area (Å²) in [6.45, 7) is 2.88. The van der Waals surface area contributed by atoms with Crippen molar-refractivity contribution >= 4 is 0 Å². The van der Waals surface area contributed by atoms with Gasteiger partial charge in [-0.3, -0.25) is 0 Å². The monoisotopic (exact) mass is 229 g/mol. The van der Waals surface area contributed by atoms with Crippen molar-refractivity contribution in [1.29, 1.82) is 0 Å². The summed E-state index contributed by atoms with van der Waals surface area (Å²) >= 11 is 0. The maximum Gasteiger partial charge on any atom is 0.236 e. The van der Waals surface area contributed by atoms with E-state index in [0.717, 1.165) is 16.8 Å². The Balaban J connectivity index is 2.25. The van der Waals surface area contributed by atoms with Crippen molar-refractivity contribution in [3.8, 4) is 17.1 Å². The second-order valence-electron chi connectivity index (χ2n) is 3.72. The average molecular weight is 229 g/mol. The normalized spacial score (nSPS) is 10.2. The van der Waals surface area contributed by atoms with Crippen LogP contribution in [0.25, 0.3) is 11.3 Å². The standard InChI is InChI=1S/C13H15N3O/c1-10-9-12(11-5-3-2-4-6-11)15-16-13(10)17-8-7-14/h2-6,9H,7-8,14H2,1H3. The zero-order valence-corrected chi connectivity index (χ0v) is 9.76. The Hall–Kier alpha value is -1.94. The SMILES string of the molecule is Cc1cc(-c2ccccc2)nnc1OCCN. The fourth-order valence-corrected chi connectivity index (χ4v) is 1.52. The third kappa shape index (κ3) is 2.79. The molecule has 0 atom stereocenters. The Morgan fingerprint density at radius 3 is 2.59 bits per heavy atom. The van der Waals surface area contributed by atoms with E-state index >= 15 is 0 Å². The van der Waals surface area contributed by atoms with Gasteiger partial charge in [-0.25, -0.2) is 0 Å². The van der Waals surface area contributed by atoms with Gasteiger partial charge in [-0.15, -0.1) is 10.2 Å². The molecule has 2 rings (SSSR count). The van der Waals surface area contributed by atoms with Gasteiger partial charge >= 0.3 is 0 Å². The van der Waals surface area contributed by atoms with Crippen molar-refractivity contribution in [2.24, 2.45) is 5.73 Å². The largest absolute Gasteiger partial charge is 0.475 e. The number of hydrogen-bond donors (Lipinski definition) is 1. The van der Waals surface area contributed by atoms with Crippen LogP contribution >= 0.6 is 0 Å². The summed E-state index contributed by atoms with van der Waals surface area (Å²) in [6, 6.07) is 11.9. The molecule has 0 saturated carbocycles. The van der Waals surface area contributed by atoms with Crippen LogP contribution in [0.15, 0.2) is 36.4 Å². The number of rotatable bonds is 4. The molecule has 0 aliphatic heterocycles. The highest BCUT2D eigenvalue weighted by Gasteiger charge is 2.05. The minimum Gasteiger partial charge on any atom is -0.475 e. The van der Waals surface area contributed by atoms with E-state index in [1.54, 1.807) is 0 Å². The third-order valence-electron chi connectivity index (χ3n) is 2.37. The van der Waals surface area contributed by atoms with E-state index in [-0.39, 0.29) is 0 Å². The zero-order chi connectivity index (χ0) is 12.1. The van der Waals surface area contributed by atoms with E-state index in [9.17, 15) is 0 Å². The smallest absolute Gasteiger partial charge is 0.236 e. The van der Waals surface area contributed by atoms with Crippen LogP contribution in [0.3, 0.4) is 0 Å². The molecule has 2 aromatic rings. The molecule has 1 heterocycles. The van der Waals surface area contributed by atoms with E-state index in [1.165, 1.54) is 0 Å². The van der Waals surface area contributed by atoms with Gasteiger partial charge in [-0.05, 0) is 13.0 Å². The Labute approximate surface area is 100 Å². The van der Waals surface area contributed by atoms with Crippen molar-refractivity contribution < 1.29 is 4.74 Å². The highest BCUT2D eigenvalue weighted by atomic mass is 16.5. The summed E-state index contributed by atoms with van der Waals surface area (Å²) < 4.78 is 5.38. The molecule has 1 aromatic carbocycles. The maximum atomic E-state index is 5.38. The fourth-order valence-electron chi connectivity index (χ4n) is 1.52. The van der Waals surface area contributed by atoms with Crippen LogP contribution < -0.4 is 10.5 Å². The van der Waals surface area contributed by atoms with Crippen LogP contribution in [0.2, 0.25) is 0 Å². The summed E-state index contributed by atoms with van der Waals surface area (Å²) in [5.74, 6) is 0.551. The molecule has 0 aliphatic carbocycles. The molecule has 4 heteroatoms. The lowest BCUT2D eigenvalue weighted by atomic mass is 10.1. The molecule has 1 aromatic heterocycles. The first-order chi connectivity index (χ1) is 8.31. The molecule has 0 bridgehead atoms. The van der Waals surface area contributed by atoms with Gasteiger partial charge in [0.25, 0.3) is 0 Å². The fraction of sp³-hybridized carbons (Fsp3) is 0.231. The molecule has 88 valence electrons. The van der Waals surface area contributed by atoms with E-state index in [1.807, 2.05) is 43.3 Å². The van der Waals surface area contributed by atoms with Crippen molar-refractivity contribution in [3.63, 3.8) is 0 Å². The quantitative estimate of drug-likeness (QED) is 0.868. The van der Waals surface area contributed by atoms with Crippen LogP contribution in [-0.4, -0.2) is 23.3 Å². The van der Waals surface area contributed by atoms with Crippen LogP contribution in [0.1, 0.15) is 5.56 Å². The van der Waals surface area contributed by atoms with Crippen molar-refractivity contribution in [2.45, 2.75) is 6.92 Å². The average Bonchev–Trinajstić information content (AvgIpc) is 2.38. The molecule has 0 radical (unpaired) electrons. The van der Waals surface area contributed by atoms with E-state index in [0.29, 0.717) is 19.0 Å². The molecular formula is C13H15N3O. The van der Waals surface area contributed by atoms with E-state index < -0.39 is 0 Å². The second-order valence-corrected chi connectivity index (χ2v) is 3.72. The predicted octanol–water partition coefficient (Wildman–Crippen LogP) is 1.79. The molecule has 0 unspecified atom stereocenters. The summed E-state index contributed by atoms with van der Waals surface area (Å²) in [5.41, 5.74) is 8.24. The number of nitrogens with two attached hydrogens (primary N) is 1. The summed E-state index contributed by atoms with van der Waals surface area (Å²) in [5, 5.41) is 8.21. The van der Waals surface area contributed by atoms with Crippen LogP contribution in [-0.2, 0) is 0 Å². The highest BCUT2D eigenvalue weighted by molar-refractivity contribution is 5.59. The maximum absolute atomic E-state index is 5.38. The number of ether oxygens (including phenoxy) is 1. The lowest BCUT2D eigenvalue weighted by Crippen LogP contribution is -2.12. The molecule has 0 amide bonds. The lowest BCUT2D eigenvalue weighted by molar-refractivity contribution is 0.309. The first-order valence-electron chi connectivity index (χ1n) is 5.54. The first kappa shape index (κ1) is 11.5. The summed E-state index contributed by atoms with van der Waals surface area (Å²) in [7, 11) is 0. The Morgan fingerprint density at radius 2 is 1.94 bits per heavy atom. The second kappa shape index (κ2) is 5.41. The molecule has 17 heavy (non-hydrogen) atoms. The zero-order valence-electron chi connectivity index (χ0n) is 9.76. The number of benzene rings is 1. The molecule has 0 saturated heterocycles. The van der Waals surface area contributed by atoms with Gasteiger partial charge in [0, 0.05) is 17.7 Å². The number of aryl methyl sites for hydroxylation is 1. The van der Waals surface area contributed by atoms with Gasteiger partial charge in [0.1, 0.15) is 6.61 Å². The van der Waals surface area contributed by atoms with E-state index in [2.05, 4.69) is 10.2 Å².